The van der Waals surface area contributed by atoms with Crippen LogP contribution in [0.4, 0.5) is 24.7 Å². The number of carbonyl (C=O) groups is 3. The molecule has 1 saturated heterocycles. The maximum atomic E-state index is 14.7. The zero-order valence-corrected chi connectivity index (χ0v) is 25.7. The highest BCUT2D eigenvalue weighted by Crippen LogP contribution is 2.37. The molecule has 0 radical (unpaired) electrons. The molecular weight excluding hydrogens is 686 g/mol. The molecule has 12 heteroatoms. The number of anilines is 2. The number of hydrogen-bond donors (Lipinski definition) is 1. The molecule has 8 nitrogen and oxygen atoms in total. The van der Waals surface area contributed by atoms with Crippen LogP contribution in [-0.2, 0) is 14.4 Å². The normalized spacial score (nSPS) is 19.1. The molecule has 2 aromatic carbocycles. The molecule has 44 heavy (non-hydrogen) atoms. The predicted molar refractivity (Wildman–Crippen MR) is 165 cm³/mol. The van der Waals surface area contributed by atoms with Crippen molar-refractivity contribution in [2.24, 2.45) is 0 Å². The van der Waals surface area contributed by atoms with Gasteiger partial charge in [-0.2, -0.15) is 5.26 Å². The fourth-order valence-corrected chi connectivity index (χ4v) is 6.44. The minimum absolute atomic E-state index is 0.0665. The SMILES string of the molecule is N#Cc1ccnc(N2C(=O)CCC[C@H]2C(=O)N(c2cccc(F)c2)[C@H](C(=O)NC2CCC(F)(F)CC2)c2ccccc2I)c1. The van der Waals surface area contributed by atoms with Crippen LogP contribution in [0.2, 0.25) is 0 Å². The highest BCUT2D eigenvalue weighted by molar-refractivity contribution is 14.1. The molecule has 3 aromatic rings. The number of nitriles is 1. The van der Waals surface area contributed by atoms with Crippen molar-refractivity contribution < 1.29 is 27.6 Å². The molecule has 1 saturated carbocycles. The standard InChI is InChI=1S/C32H29F3IN5O3/c33-21-5-3-6-23(18-21)40(31(44)26-9-4-10-28(42)41(26)27-17-20(19-37)13-16-38-27)29(24-7-1-2-8-25(24)36)30(43)39-22-11-14-32(34,35)15-12-22/h1-3,5-8,13,16-18,22,26,29H,4,9-12,14-15H2,(H,39,43)/t26-,29-/m0/s1. The Kier molecular flexibility index (Phi) is 9.53. The van der Waals surface area contributed by atoms with Crippen molar-refractivity contribution >= 4 is 51.8 Å². The number of nitrogens with one attached hydrogen (secondary N) is 1. The number of carbonyl (C=O) groups excluding carboxylic acids is 3. The van der Waals surface area contributed by atoms with Gasteiger partial charge in [0, 0.05) is 40.8 Å². The van der Waals surface area contributed by atoms with Crippen LogP contribution < -0.4 is 15.1 Å². The number of amides is 3. The summed E-state index contributed by atoms with van der Waals surface area (Å²) in [6, 6.07) is 14.1. The van der Waals surface area contributed by atoms with Gasteiger partial charge in [-0.25, -0.2) is 18.2 Å². The van der Waals surface area contributed by atoms with E-state index in [0.29, 0.717) is 15.6 Å². The third-order valence-corrected chi connectivity index (χ3v) is 8.93. The van der Waals surface area contributed by atoms with Crippen molar-refractivity contribution in [3.05, 3.63) is 87.4 Å². The van der Waals surface area contributed by atoms with E-state index in [-0.39, 0.29) is 61.5 Å². The Morgan fingerprint density at radius 2 is 1.84 bits per heavy atom. The number of piperidine rings is 1. The largest absolute Gasteiger partial charge is 0.351 e. The highest BCUT2D eigenvalue weighted by atomic mass is 127. The van der Waals surface area contributed by atoms with Gasteiger partial charge in [0.2, 0.25) is 17.7 Å². The Morgan fingerprint density at radius 1 is 1.09 bits per heavy atom. The summed E-state index contributed by atoms with van der Waals surface area (Å²) >= 11 is 2.05. The average Bonchev–Trinajstić information content (AvgIpc) is 3.01. The van der Waals surface area contributed by atoms with Gasteiger partial charge in [-0.15, -0.1) is 0 Å². The Bertz CT molecular complexity index is 1600. The van der Waals surface area contributed by atoms with Crippen LogP contribution in [-0.4, -0.2) is 40.7 Å². The first-order valence-electron chi connectivity index (χ1n) is 14.3. The smallest absolute Gasteiger partial charge is 0.251 e. The van der Waals surface area contributed by atoms with Crippen LogP contribution in [0.1, 0.15) is 62.1 Å². The van der Waals surface area contributed by atoms with Gasteiger partial charge in [-0.3, -0.25) is 24.2 Å². The second-order valence-corrected chi connectivity index (χ2v) is 12.1. The molecule has 1 aromatic heterocycles. The Morgan fingerprint density at radius 3 is 2.55 bits per heavy atom. The summed E-state index contributed by atoms with van der Waals surface area (Å²) in [6.45, 7) is 0. The maximum absolute atomic E-state index is 14.7. The number of benzene rings is 2. The van der Waals surface area contributed by atoms with Gasteiger partial charge >= 0.3 is 0 Å². The molecule has 0 spiro atoms. The topological polar surface area (TPSA) is 106 Å². The average molecular weight is 716 g/mol. The molecule has 2 aliphatic rings. The number of nitrogens with zero attached hydrogens (tertiary/aromatic N) is 4. The lowest BCUT2D eigenvalue weighted by Crippen LogP contribution is -2.57. The number of rotatable bonds is 7. The zero-order valence-electron chi connectivity index (χ0n) is 23.6. The minimum Gasteiger partial charge on any atom is -0.351 e. The van der Waals surface area contributed by atoms with E-state index in [1.165, 1.54) is 46.3 Å². The van der Waals surface area contributed by atoms with Gasteiger partial charge in [0.05, 0.1) is 11.6 Å². The summed E-state index contributed by atoms with van der Waals surface area (Å²) in [5.41, 5.74) is 0.778. The van der Waals surface area contributed by atoms with Crippen molar-refractivity contribution in [2.45, 2.75) is 69.0 Å². The molecule has 3 amide bonds. The first kappa shape index (κ1) is 31.4. The third kappa shape index (κ3) is 6.88. The summed E-state index contributed by atoms with van der Waals surface area (Å²) in [4.78, 5) is 48.9. The first-order chi connectivity index (χ1) is 21.1. The summed E-state index contributed by atoms with van der Waals surface area (Å²) in [7, 11) is 0. The Labute approximate surface area is 266 Å². The molecule has 5 rings (SSSR count). The summed E-state index contributed by atoms with van der Waals surface area (Å²) < 4.78 is 43.1. The highest BCUT2D eigenvalue weighted by Gasteiger charge is 2.44. The zero-order chi connectivity index (χ0) is 31.4. The molecule has 0 unspecified atom stereocenters. The predicted octanol–water partition coefficient (Wildman–Crippen LogP) is 6.05. The monoisotopic (exact) mass is 715 g/mol. The minimum atomic E-state index is -2.80. The molecule has 1 aliphatic carbocycles. The molecule has 228 valence electrons. The number of halogens is 4. The number of pyridine rings is 1. The van der Waals surface area contributed by atoms with E-state index in [9.17, 15) is 32.8 Å². The van der Waals surface area contributed by atoms with E-state index in [1.807, 2.05) is 28.7 Å². The second-order valence-electron chi connectivity index (χ2n) is 10.9. The molecule has 1 N–H and O–H groups in total. The lowest BCUT2D eigenvalue weighted by Gasteiger charge is -2.40. The van der Waals surface area contributed by atoms with Gasteiger partial charge in [0.1, 0.15) is 23.7 Å². The summed E-state index contributed by atoms with van der Waals surface area (Å²) in [5.74, 6) is -4.97. The number of aromatic nitrogens is 1. The fourth-order valence-electron chi connectivity index (χ4n) is 5.76. The molecule has 2 heterocycles. The van der Waals surface area contributed by atoms with E-state index >= 15 is 0 Å². The van der Waals surface area contributed by atoms with Gasteiger partial charge in [-0.05, 0) is 90.2 Å². The van der Waals surface area contributed by atoms with E-state index < -0.39 is 41.7 Å². The van der Waals surface area contributed by atoms with Gasteiger partial charge in [0.25, 0.3) is 5.91 Å². The van der Waals surface area contributed by atoms with Crippen molar-refractivity contribution in [2.75, 3.05) is 9.80 Å². The Hall–Kier alpha value is -3.99. The van der Waals surface area contributed by atoms with Crippen molar-refractivity contribution in [3.63, 3.8) is 0 Å². The van der Waals surface area contributed by atoms with Crippen LogP contribution in [0, 0.1) is 20.7 Å². The number of alkyl halides is 2. The molecule has 0 bridgehead atoms. The Balaban J connectivity index is 1.61. The van der Waals surface area contributed by atoms with Gasteiger partial charge in [-0.1, -0.05) is 24.3 Å². The van der Waals surface area contributed by atoms with Crippen molar-refractivity contribution in [3.8, 4) is 6.07 Å². The van der Waals surface area contributed by atoms with Crippen LogP contribution in [0.3, 0.4) is 0 Å². The van der Waals surface area contributed by atoms with E-state index in [0.717, 1.165) is 6.07 Å². The summed E-state index contributed by atoms with van der Waals surface area (Å²) in [5, 5.41) is 12.3. The third-order valence-electron chi connectivity index (χ3n) is 7.95. The van der Waals surface area contributed by atoms with Crippen LogP contribution >= 0.6 is 22.6 Å². The van der Waals surface area contributed by atoms with Crippen molar-refractivity contribution in [1.29, 1.82) is 5.26 Å². The maximum Gasteiger partial charge on any atom is 0.251 e. The van der Waals surface area contributed by atoms with Crippen LogP contribution in [0.25, 0.3) is 0 Å². The summed E-state index contributed by atoms with van der Waals surface area (Å²) in [6.07, 6.45) is 1.53. The van der Waals surface area contributed by atoms with Gasteiger partial charge < -0.3 is 5.32 Å². The first-order valence-corrected chi connectivity index (χ1v) is 15.4. The van der Waals surface area contributed by atoms with Crippen molar-refractivity contribution in [1.82, 2.24) is 10.3 Å². The van der Waals surface area contributed by atoms with Gasteiger partial charge in [0.15, 0.2) is 0 Å². The molecular formula is C32H29F3IN5O3. The lowest BCUT2D eigenvalue weighted by molar-refractivity contribution is -0.130. The van der Waals surface area contributed by atoms with E-state index in [2.05, 4.69) is 10.3 Å². The molecule has 2 fully saturated rings. The fraction of sp³-hybridized carbons (Fsp3) is 0.344. The molecule has 2 atom stereocenters. The quantitative estimate of drug-likeness (QED) is 0.300. The van der Waals surface area contributed by atoms with Crippen LogP contribution in [0.5, 0.6) is 0 Å². The number of hydrogen-bond acceptors (Lipinski definition) is 5. The lowest BCUT2D eigenvalue weighted by atomic mass is 9.91. The van der Waals surface area contributed by atoms with E-state index in [4.69, 9.17) is 0 Å². The molecule has 1 aliphatic heterocycles. The second kappa shape index (κ2) is 13.3. The van der Waals surface area contributed by atoms with E-state index in [1.54, 1.807) is 24.3 Å². The van der Waals surface area contributed by atoms with Crippen LogP contribution in [0.15, 0.2) is 66.9 Å².